The quantitative estimate of drug-likeness (QED) is 0.433. The Morgan fingerprint density at radius 3 is 2.65 bits per heavy atom. The summed E-state index contributed by atoms with van der Waals surface area (Å²) in [7, 11) is 0. The lowest BCUT2D eigenvalue weighted by Crippen LogP contribution is -2.14. The number of nitrogens with one attached hydrogen (secondary N) is 1. The van der Waals surface area contributed by atoms with Crippen molar-refractivity contribution in [2.24, 2.45) is 0 Å². The fourth-order valence-electron chi connectivity index (χ4n) is 3.32. The Morgan fingerprint density at radius 2 is 1.90 bits per heavy atom. The van der Waals surface area contributed by atoms with Gasteiger partial charge < -0.3 is 9.84 Å². The molecule has 0 aliphatic carbocycles. The monoisotopic (exact) mass is 435 g/mol. The van der Waals surface area contributed by atoms with E-state index in [1.165, 1.54) is 0 Å². The van der Waals surface area contributed by atoms with Gasteiger partial charge in [0.25, 0.3) is 0 Å². The molecule has 0 radical (unpaired) electrons. The topological polar surface area (TPSA) is 85.8 Å². The smallest absolute Gasteiger partial charge is 0.226 e. The first-order valence-electron chi connectivity index (χ1n) is 10.0. The highest BCUT2D eigenvalue weighted by Gasteiger charge is 2.13. The van der Waals surface area contributed by atoms with Crippen molar-refractivity contribution in [2.45, 2.75) is 33.1 Å². The molecule has 0 atom stereocenters. The van der Waals surface area contributed by atoms with Crippen LogP contribution in [-0.4, -0.2) is 25.8 Å². The van der Waals surface area contributed by atoms with E-state index in [0.29, 0.717) is 36.0 Å². The molecule has 0 saturated heterocycles. The number of aryl methyl sites for hydroxylation is 3. The number of nitrogens with zero attached hydrogens (tertiary/aromatic N) is 4. The van der Waals surface area contributed by atoms with Crippen LogP contribution in [0, 0.1) is 13.8 Å². The van der Waals surface area contributed by atoms with Gasteiger partial charge >= 0.3 is 0 Å². The largest absolute Gasteiger partial charge is 0.339 e. The van der Waals surface area contributed by atoms with Gasteiger partial charge in [0, 0.05) is 29.1 Å². The summed E-state index contributed by atoms with van der Waals surface area (Å²) < 4.78 is 7.14. The van der Waals surface area contributed by atoms with Gasteiger partial charge in [0.05, 0.1) is 17.1 Å². The van der Waals surface area contributed by atoms with Crippen LogP contribution in [0.2, 0.25) is 5.02 Å². The minimum absolute atomic E-state index is 0.0774. The lowest BCUT2D eigenvalue weighted by atomic mass is 10.2. The molecule has 1 N–H and O–H groups in total. The second-order valence-electron chi connectivity index (χ2n) is 7.28. The van der Waals surface area contributed by atoms with Crippen LogP contribution in [0.3, 0.4) is 0 Å². The Hall–Kier alpha value is -3.45. The van der Waals surface area contributed by atoms with Crippen molar-refractivity contribution >= 4 is 23.2 Å². The molecule has 4 rings (SSSR count). The number of anilines is 1. The van der Waals surface area contributed by atoms with E-state index < -0.39 is 0 Å². The van der Waals surface area contributed by atoms with E-state index >= 15 is 0 Å². The molecular weight excluding hydrogens is 414 g/mol. The fraction of sp³-hybridized carbons (Fsp3) is 0.217. The first-order valence-corrected chi connectivity index (χ1v) is 10.4. The number of hydrogen-bond acceptors (Lipinski definition) is 5. The second-order valence-corrected chi connectivity index (χ2v) is 7.71. The van der Waals surface area contributed by atoms with Gasteiger partial charge in [-0.15, -0.1) is 0 Å². The SMILES string of the molecule is Cc1cc(C)n(-c2ccccc2NC(=O)CCCc2nc(-c3ccc(Cl)cc3)no2)n1. The standard InChI is InChI=1S/C23H22ClN5O2/c1-15-14-16(2)29(27-15)20-7-4-3-6-19(20)25-21(30)8-5-9-22-26-23(28-31-22)17-10-12-18(24)13-11-17/h3-4,6-7,10-14H,5,8-9H2,1-2H3,(H,25,30). The lowest BCUT2D eigenvalue weighted by Gasteiger charge is -2.12. The van der Waals surface area contributed by atoms with Gasteiger partial charge in [0.15, 0.2) is 0 Å². The predicted octanol–water partition coefficient (Wildman–Crippen LogP) is 5.15. The average Bonchev–Trinajstić information content (AvgIpc) is 3.35. The number of rotatable bonds is 7. The molecule has 1 amide bonds. The third-order valence-corrected chi connectivity index (χ3v) is 5.03. The Bertz CT molecular complexity index is 1200. The van der Waals surface area contributed by atoms with E-state index in [2.05, 4.69) is 20.6 Å². The van der Waals surface area contributed by atoms with Crippen molar-refractivity contribution in [3.05, 3.63) is 76.9 Å². The van der Waals surface area contributed by atoms with E-state index in [1.807, 2.05) is 61.0 Å². The molecule has 0 fully saturated rings. The zero-order chi connectivity index (χ0) is 21.8. The summed E-state index contributed by atoms with van der Waals surface area (Å²) in [5, 5.41) is 12.2. The highest BCUT2D eigenvalue weighted by Crippen LogP contribution is 2.22. The number of halogens is 1. The zero-order valence-corrected chi connectivity index (χ0v) is 18.1. The van der Waals surface area contributed by atoms with E-state index in [0.717, 1.165) is 28.3 Å². The molecule has 0 spiro atoms. The van der Waals surface area contributed by atoms with Crippen molar-refractivity contribution in [2.75, 3.05) is 5.32 Å². The van der Waals surface area contributed by atoms with Crippen molar-refractivity contribution < 1.29 is 9.32 Å². The van der Waals surface area contributed by atoms with Crippen LogP contribution < -0.4 is 5.32 Å². The Labute approximate surface area is 185 Å². The zero-order valence-electron chi connectivity index (χ0n) is 17.3. The Kier molecular flexibility index (Phi) is 6.13. The number of para-hydroxylation sites is 2. The van der Waals surface area contributed by atoms with Crippen LogP contribution in [0.25, 0.3) is 17.1 Å². The van der Waals surface area contributed by atoms with Crippen LogP contribution in [0.4, 0.5) is 5.69 Å². The predicted molar refractivity (Wildman–Crippen MR) is 119 cm³/mol. The molecule has 8 heteroatoms. The molecule has 31 heavy (non-hydrogen) atoms. The normalized spacial score (nSPS) is 10.9. The molecule has 0 saturated carbocycles. The molecule has 7 nitrogen and oxygen atoms in total. The molecule has 4 aromatic rings. The molecular formula is C23H22ClN5O2. The third kappa shape index (κ3) is 5.00. The van der Waals surface area contributed by atoms with Gasteiger partial charge in [0.2, 0.25) is 17.6 Å². The maximum Gasteiger partial charge on any atom is 0.226 e. The lowest BCUT2D eigenvalue weighted by molar-refractivity contribution is -0.116. The summed E-state index contributed by atoms with van der Waals surface area (Å²) in [6.07, 6.45) is 1.45. The van der Waals surface area contributed by atoms with Crippen LogP contribution >= 0.6 is 11.6 Å². The van der Waals surface area contributed by atoms with Gasteiger partial charge in [-0.05, 0) is 62.7 Å². The van der Waals surface area contributed by atoms with Crippen LogP contribution in [0.1, 0.15) is 30.1 Å². The molecule has 0 aliphatic rings. The summed E-state index contributed by atoms with van der Waals surface area (Å²) >= 11 is 5.91. The third-order valence-electron chi connectivity index (χ3n) is 4.78. The van der Waals surface area contributed by atoms with Crippen molar-refractivity contribution in [3.8, 4) is 17.1 Å². The summed E-state index contributed by atoms with van der Waals surface area (Å²) in [5.74, 6) is 0.933. The number of carbonyl (C=O) groups excluding carboxylic acids is 1. The van der Waals surface area contributed by atoms with E-state index in [1.54, 1.807) is 12.1 Å². The maximum absolute atomic E-state index is 12.5. The summed E-state index contributed by atoms with van der Waals surface area (Å²) in [4.78, 5) is 16.9. The summed E-state index contributed by atoms with van der Waals surface area (Å²) in [5.41, 5.74) is 4.33. The van der Waals surface area contributed by atoms with Gasteiger partial charge in [-0.1, -0.05) is 28.9 Å². The van der Waals surface area contributed by atoms with Gasteiger partial charge in [0.1, 0.15) is 0 Å². The molecule has 2 aromatic carbocycles. The summed E-state index contributed by atoms with van der Waals surface area (Å²) in [6, 6.07) is 16.9. The molecule has 0 aliphatic heterocycles. The molecule has 0 unspecified atom stereocenters. The minimum atomic E-state index is -0.0774. The Morgan fingerprint density at radius 1 is 1.13 bits per heavy atom. The van der Waals surface area contributed by atoms with Crippen LogP contribution in [0.5, 0.6) is 0 Å². The molecule has 158 valence electrons. The van der Waals surface area contributed by atoms with Crippen LogP contribution in [0.15, 0.2) is 59.1 Å². The van der Waals surface area contributed by atoms with Gasteiger partial charge in [-0.3, -0.25) is 4.79 Å². The van der Waals surface area contributed by atoms with Gasteiger partial charge in [-0.25, -0.2) is 4.68 Å². The highest BCUT2D eigenvalue weighted by atomic mass is 35.5. The van der Waals surface area contributed by atoms with Crippen molar-refractivity contribution in [1.82, 2.24) is 19.9 Å². The van der Waals surface area contributed by atoms with Crippen molar-refractivity contribution in [3.63, 3.8) is 0 Å². The van der Waals surface area contributed by atoms with Gasteiger partial charge in [-0.2, -0.15) is 10.1 Å². The Balaban J connectivity index is 1.35. The van der Waals surface area contributed by atoms with E-state index in [4.69, 9.17) is 16.1 Å². The first-order chi connectivity index (χ1) is 15.0. The summed E-state index contributed by atoms with van der Waals surface area (Å²) in [6.45, 7) is 3.93. The average molecular weight is 436 g/mol. The highest BCUT2D eigenvalue weighted by molar-refractivity contribution is 6.30. The molecule has 2 aromatic heterocycles. The van der Waals surface area contributed by atoms with E-state index in [-0.39, 0.29) is 5.91 Å². The first kappa shape index (κ1) is 20.8. The number of hydrogen-bond donors (Lipinski definition) is 1. The van der Waals surface area contributed by atoms with Crippen molar-refractivity contribution in [1.29, 1.82) is 0 Å². The number of amides is 1. The second kappa shape index (κ2) is 9.14. The maximum atomic E-state index is 12.5. The number of carbonyl (C=O) groups is 1. The number of benzene rings is 2. The molecule has 2 heterocycles. The minimum Gasteiger partial charge on any atom is -0.339 e. The van der Waals surface area contributed by atoms with E-state index in [9.17, 15) is 4.79 Å². The van der Waals surface area contributed by atoms with Crippen LogP contribution in [-0.2, 0) is 11.2 Å². The number of aromatic nitrogens is 4. The molecule has 0 bridgehead atoms. The fourth-order valence-corrected chi connectivity index (χ4v) is 3.45.